The lowest BCUT2D eigenvalue weighted by Crippen LogP contribution is -2.46. The Balaban J connectivity index is 1.95. The van der Waals surface area contributed by atoms with Gasteiger partial charge >= 0.3 is 6.03 Å². The van der Waals surface area contributed by atoms with Gasteiger partial charge in [-0.15, -0.1) is 0 Å². The summed E-state index contributed by atoms with van der Waals surface area (Å²) >= 11 is 0. The SMILES string of the molecule is CC1=C(C(=O)Nc2ccc(C)cc2C)C(c2ccccc2)NC(=O)N1. The molecule has 0 bridgehead atoms. The van der Waals surface area contributed by atoms with Gasteiger partial charge < -0.3 is 16.0 Å². The highest BCUT2D eigenvalue weighted by Gasteiger charge is 2.31. The lowest BCUT2D eigenvalue weighted by molar-refractivity contribution is -0.113. The minimum absolute atomic E-state index is 0.231. The molecule has 3 rings (SSSR count). The molecule has 0 saturated heterocycles. The Hall–Kier alpha value is -3.08. The molecule has 0 aromatic heterocycles. The Kier molecular flexibility index (Phi) is 4.57. The third-order valence-electron chi connectivity index (χ3n) is 4.28. The average Bonchev–Trinajstić information content (AvgIpc) is 2.57. The molecule has 1 aliphatic rings. The number of allylic oxidation sites excluding steroid dienone is 1. The van der Waals surface area contributed by atoms with Crippen LogP contribution in [0.4, 0.5) is 10.5 Å². The normalized spacial score (nSPS) is 16.9. The number of hydrogen-bond acceptors (Lipinski definition) is 2. The Labute approximate surface area is 147 Å². The molecule has 128 valence electrons. The van der Waals surface area contributed by atoms with E-state index in [0.717, 1.165) is 22.4 Å². The lowest BCUT2D eigenvalue weighted by Gasteiger charge is -2.28. The van der Waals surface area contributed by atoms with E-state index in [1.807, 2.05) is 62.4 Å². The van der Waals surface area contributed by atoms with Crippen LogP contribution in [0.2, 0.25) is 0 Å². The molecule has 0 radical (unpaired) electrons. The Morgan fingerprint density at radius 1 is 1.04 bits per heavy atom. The molecule has 0 spiro atoms. The molecule has 0 saturated carbocycles. The number of aryl methyl sites for hydroxylation is 2. The van der Waals surface area contributed by atoms with Crippen LogP contribution in [0.5, 0.6) is 0 Å². The predicted molar refractivity (Wildman–Crippen MR) is 98.1 cm³/mol. The van der Waals surface area contributed by atoms with E-state index < -0.39 is 6.04 Å². The summed E-state index contributed by atoms with van der Waals surface area (Å²) in [5.74, 6) is -0.231. The van der Waals surface area contributed by atoms with Crippen molar-refractivity contribution in [2.45, 2.75) is 26.8 Å². The van der Waals surface area contributed by atoms with E-state index in [2.05, 4.69) is 16.0 Å². The van der Waals surface area contributed by atoms with Gasteiger partial charge in [0.15, 0.2) is 0 Å². The number of anilines is 1. The predicted octanol–water partition coefficient (Wildman–Crippen LogP) is 3.57. The topological polar surface area (TPSA) is 70.2 Å². The second-order valence-corrected chi connectivity index (χ2v) is 6.25. The smallest absolute Gasteiger partial charge is 0.319 e. The van der Waals surface area contributed by atoms with Gasteiger partial charge in [0.25, 0.3) is 5.91 Å². The molecule has 2 aromatic carbocycles. The molecule has 0 fully saturated rings. The molecular formula is C20H21N3O2. The van der Waals surface area contributed by atoms with Crippen LogP contribution < -0.4 is 16.0 Å². The van der Waals surface area contributed by atoms with Crippen LogP contribution in [0, 0.1) is 13.8 Å². The maximum absolute atomic E-state index is 12.9. The lowest BCUT2D eigenvalue weighted by atomic mass is 9.94. The quantitative estimate of drug-likeness (QED) is 0.802. The van der Waals surface area contributed by atoms with E-state index in [-0.39, 0.29) is 11.9 Å². The fourth-order valence-electron chi connectivity index (χ4n) is 3.03. The van der Waals surface area contributed by atoms with Crippen molar-refractivity contribution >= 4 is 17.6 Å². The second-order valence-electron chi connectivity index (χ2n) is 6.25. The van der Waals surface area contributed by atoms with E-state index in [1.165, 1.54) is 0 Å². The summed E-state index contributed by atoms with van der Waals surface area (Å²) in [6.45, 7) is 5.71. The maximum atomic E-state index is 12.9. The molecule has 3 amide bonds. The Morgan fingerprint density at radius 2 is 1.76 bits per heavy atom. The number of benzene rings is 2. The zero-order chi connectivity index (χ0) is 18.0. The van der Waals surface area contributed by atoms with Gasteiger partial charge in [0, 0.05) is 11.4 Å². The van der Waals surface area contributed by atoms with Crippen LogP contribution in [0.15, 0.2) is 59.8 Å². The molecular weight excluding hydrogens is 314 g/mol. The fourth-order valence-corrected chi connectivity index (χ4v) is 3.03. The standard InChI is InChI=1S/C20H21N3O2/c1-12-9-10-16(13(2)11-12)22-19(24)17-14(3)21-20(25)23-18(17)15-7-5-4-6-8-15/h4-11,18H,1-3H3,(H,22,24)(H2,21,23,25). The van der Waals surface area contributed by atoms with Crippen molar-refractivity contribution in [2.75, 3.05) is 5.32 Å². The summed E-state index contributed by atoms with van der Waals surface area (Å²) < 4.78 is 0. The van der Waals surface area contributed by atoms with E-state index in [4.69, 9.17) is 0 Å². The van der Waals surface area contributed by atoms with Gasteiger partial charge in [0.1, 0.15) is 0 Å². The third-order valence-corrected chi connectivity index (χ3v) is 4.28. The number of rotatable bonds is 3. The molecule has 1 atom stereocenters. The maximum Gasteiger partial charge on any atom is 0.319 e. The monoisotopic (exact) mass is 335 g/mol. The van der Waals surface area contributed by atoms with Gasteiger partial charge in [-0.2, -0.15) is 0 Å². The number of nitrogens with one attached hydrogen (secondary N) is 3. The van der Waals surface area contributed by atoms with Crippen LogP contribution >= 0.6 is 0 Å². The van der Waals surface area contributed by atoms with Gasteiger partial charge in [0.2, 0.25) is 0 Å². The van der Waals surface area contributed by atoms with Crippen LogP contribution in [0.1, 0.15) is 29.7 Å². The minimum atomic E-state index is -0.485. The summed E-state index contributed by atoms with van der Waals surface area (Å²) in [6, 6.07) is 14.5. The van der Waals surface area contributed by atoms with Crippen molar-refractivity contribution in [3.8, 4) is 0 Å². The van der Waals surface area contributed by atoms with Crippen LogP contribution in [-0.4, -0.2) is 11.9 Å². The molecule has 1 heterocycles. The molecule has 1 unspecified atom stereocenters. The van der Waals surface area contributed by atoms with Crippen LogP contribution in [0.25, 0.3) is 0 Å². The van der Waals surface area contributed by atoms with Crippen molar-refractivity contribution in [3.05, 3.63) is 76.5 Å². The first-order valence-electron chi connectivity index (χ1n) is 8.17. The van der Waals surface area contributed by atoms with Gasteiger partial charge in [0.05, 0.1) is 11.6 Å². The number of carbonyl (C=O) groups excluding carboxylic acids is 2. The highest BCUT2D eigenvalue weighted by Crippen LogP contribution is 2.28. The number of urea groups is 1. The largest absolute Gasteiger partial charge is 0.327 e. The van der Waals surface area contributed by atoms with Crippen molar-refractivity contribution in [1.29, 1.82) is 0 Å². The Morgan fingerprint density at radius 3 is 2.44 bits per heavy atom. The molecule has 1 aliphatic heterocycles. The number of carbonyl (C=O) groups is 2. The first-order valence-corrected chi connectivity index (χ1v) is 8.17. The summed E-state index contributed by atoms with van der Waals surface area (Å²) in [7, 11) is 0. The Bertz CT molecular complexity index is 856. The van der Waals surface area contributed by atoms with Crippen LogP contribution in [0.3, 0.4) is 0 Å². The molecule has 0 aliphatic carbocycles. The van der Waals surface area contributed by atoms with E-state index in [1.54, 1.807) is 6.92 Å². The summed E-state index contributed by atoms with van der Waals surface area (Å²) in [5.41, 5.74) is 4.82. The zero-order valence-electron chi connectivity index (χ0n) is 14.5. The second kappa shape index (κ2) is 6.81. The summed E-state index contributed by atoms with van der Waals surface area (Å²) in [5, 5.41) is 8.49. The van der Waals surface area contributed by atoms with Crippen molar-refractivity contribution in [2.24, 2.45) is 0 Å². The van der Waals surface area contributed by atoms with Crippen molar-refractivity contribution < 1.29 is 9.59 Å². The van der Waals surface area contributed by atoms with Crippen molar-refractivity contribution in [1.82, 2.24) is 10.6 Å². The van der Waals surface area contributed by atoms with Gasteiger partial charge in [-0.05, 0) is 38.0 Å². The highest BCUT2D eigenvalue weighted by molar-refractivity contribution is 6.07. The van der Waals surface area contributed by atoms with Gasteiger partial charge in [-0.25, -0.2) is 4.79 Å². The first kappa shape index (κ1) is 16.8. The third kappa shape index (κ3) is 3.55. The van der Waals surface area contributed by atoms with E-state index in [0.29, 0.717) is 11.3 Å². The van der Waals surface area contributed by atoms with Crippen LogP contribution in [-0.2, 0) is 4.79 Å². The average molecular weight is 335 g/mol. The van der Waals surface area contributed by atoms with E-state index in [9.17, 15) is 9.59 Å². The molecule has 3 N–H and O–H groups in total. The van der Waals surface area contributed by atoms with Crippen molar-refractivity contribution in [3.63, 3.8) is 0 Å². The van der Waals surface area contributed by atoms with Gasteiger partial charge in [-0.1, -0.05) is 48.0 Å². The zero-order valence-corrected chi connectivity index (χ0v) is 14.5. The number of hydrogen-bond donors (Lipinski definition) is 3. The van der Waals surface area contributed by atoms with Gasteiger partial charge in [-0.3, -0.25) is 4.79 Å². The highest BCUT2D eigenvalue weighted by atomic mass is 16.2. The fraction of sp³-hybridized carbons (Fsp3) is 0.200. The summed E-state index contributed by atoms with van der Waals surface area (Å²) in [6.07, 6.45) is 0. The molecule has 2 aromatic rings. The first-order chi connectivity index (χ1) is 12.0. The molecule has 5 nitrogen and oxygen atoms in total. The minimum Gasteiger partial charge on any atom is -0.327 e. The molecule has 25 heavy (non-hydrogen) atoms. The molecule has 5 heteroatoms. The van der Waals surface area contributed by atoms with E-state index >= 15 is 0 Å². The summed E-state index contributed by atoms with van der Waals surface area (Å²) in [4.78, 5) is 24.8. The number of amides is 3.